The van der Waals surface area contributed by atoms with E-state index in [-0.39, 0.29) is 12.2 Å². The van der Waals surface area contributed by atoms with Gasteiger partial charge in [-0.15, -0.1) is 0 Å². The smallest absolute Gasteiger partial charge is 0.335 e. The lowest BCUT2D eigenvalue weighted by molar-refractivity contribution is 0.0696. The van der Waals surface area contributed by atoms with Gasteiger partial charge in [0.25, 0.3) is 0 Å². The van der Waals surface area contributed by atoms with Crippen LogP contribution >= 0.6 is 11.6 Å². The van der Waals surface area contributed by atoms with Crippen molar-refractivity contribution in [2.24, 2.45) is 0 Å². The Labute approximate surface area is 126 Å². The highest BCUT2D eigenvalue weighted by molar-refractivity contribution is 6.30. The number of carboxylic acids is 1. The third-order valence-corrected chi connectivity index (χ3v) is 3.32. The number of hydrogen-bond acceptors (Lipinski definition) is 2. The standard InChI is InChI=1S/C16H14ClFO3/c1-9-5-13(17)6-10(2)15(9)21-8-12-4-3-11(16(19)20)7-14(12)18/h3-7H,8H2,1-2H3,(H,19,20). The van der Waals surface area contributed by atoms with Crippen LogP contribution in [-0.4, -0.2) is 11.1 Å². The first-order valence-electron chi connectivity index (χ1n) is 6.29. The van der Waals surface area contributed by atoms with Crippen LogP contribution in [0.4, 0.5) is 4.39 Å². The van der Waals surface area contributed by atoms with Gasteiger partial charge in [0.15, 0.2) is 0 Å². The Morgan fingerprint density at radius 3 is 2.38 bits per heavy atom. The van der Waals surface area contributed by atoms with Crippen LogP contribution in [0.25, 0.3) is 0 Å². The number of rotatable bonds is 4. The molecular weight excluding hydrogens is 295 g/mol. The van der Waals surface area contributed by atoms with Crippen molar-refractivity contribution < 1.29 is 19.0 Å². The lowest BCUT2D eigenvalue weighted by atomic mass is 10.1. The zero-order chi connectivity index (χ0) is 15.6. The first kappa shape index (κ1) is 15.3. The molecule has 110 valence electrons. The highest BCUT2D eigenvalue weighted by Gasteiger charge is 2.11. The average Bonchev–Trinajstić information content (AvgIpc) is 2.38. The second-order valence-electron chi connectivity index (χ2n) is 4.77. The van der Waals surface area contributed by atoms with Crippen molar-refractivity contribution in [2.45, 2.75) is 20.5 Å². The minimum atomic E-state index is -1.16. The summed E-state index contributed by atoms with van der Waals surface area (Å²) in [6.07, 6.45) is 0. The fourth-order valence-corrected chi connectivity index (χ4v) is 2.40. The summed E-state index contributed by atoms with van der Waals surface area (Å²) in [7, 11) is 0. The molecule has 3 nitrogen and oxygen atoms in total. The molecule has 0 bridgehead atoms. The summed E-state index contributed by atoms with van der Waals surface area (Å²) in [5.74, 6) is -1.11. The molecule has 0 aliphatic rings. The highest BCUT2D eigenvalue weighted by atomic mass is 35.5. The number of aryl methyl sites for hydroxylation is 2. The molecule has 0 aromatic heterocycles. The summed E-state index contributed by atoms with van der Waals surface area (Å²) in [6, 6.07) is 7.30. The number of carbonyl (C=O) groups is 1. The van der Waals surface area contributed by atoms with E-state index in [2.05, 4.69) is 0 Å². The van der Waals surface area contributed by atoms with Gasteiger partial charge in [-0.3, -0.25) is 0 Å². The molecule has 0 saturated heterocycles. The molecule has 0 amide bonds. The Morgan fingerprint density at radius 2 is 1.86 bits per heavy atom. The second kappa shape index (κ2) is 6.14. The van der Waals surface area contributed by atoms with E-state index in [0.717, 1.165) is 17.2 Å². The molecule has 2 rings (SSSR count). The molecule has 0 atom stereocenters. The lowest BCUT2D eigenvalue weighted by Crippen LogP contribution is -2.04. The molecule has 0 fully saturated rings. The fourth-order valence-electron chi connectivity index (χ4n) is 2.07. The largest absolute Gasteiger partial charge is 0.488 e. The van der Waals surface area contributed by atoms with E-state index in [1.54, 1.807) is 12.1 Å². The molecule has 0 spiro atoms. The van der Waals surface area contributed by atoms with Crippen LogP contribution in [-0.2, 0) is 6.61 Å². The zero-order valence-corrected chi connectivity index (χ0v) is 12.4. The van der Waals surface area contributed by atoms with E-state index in [0.29, 0.717) is 16.3 Å². The first-order chi connectivity index (χ1) is 9.88. The van der Waals surface area contributed by atoms with Crippen LogP contribution in [0, 0.1) is 19.7 Å². The van der Waals surface area contributed by atoms with E-state index in [4.69, 9.17) is 21.4 Å². The van der Waals surface area contributed by atoms with Crippen molar-refractivity contribution in [3.63, 3.8) is 0 Å². The first-order valence-corrected chi connectivity index (χ1v) is 6.67. The molecule has 5 heteroatoms. The number of hydrogen-bond donors (Lipinski definition) is 1. The molecule has 0 saturated carbocycles. The normalized spacial score (nSPS) is 10.5. The Kier molecular flexibility index (Phi) is 4.48. The molecule has 2 aromatic carbocycles. The van der Waals surface area contributed by atoms with Gasteiger partial charge in [-0.05, 0) is 49.2 Å². The summed E-state index contributed by atoms with van der Waals surface area (Å²) >= 11 is 5.94. The van der Waals surface area contributed by atoms with Gasteiger partial charge in [-0.25, -0.2) is 9.18 Å². The SMILES string of the molecule is Cc1cc(Cl)cc(C)c1OCc1ccc(C(=O)O)cc1F. The molecule has 1 N–H and O–H groups in total. The number of ether oxygens (including phenoxy) is 1. The van der Waals surface area contributed by atoms with E-state index in [1.165, 1.54) is 12.1 Å². The molecule has 0 unspecified atom stereocenters. The van der Waals surface area contributed by atoms with Crippen molar-refractivity contribution in [1.82, 2.24) is 0 Å². The monoisotopic (exact) mass is 308 g/mol. The predicted octanol–water partition coefficient (Wildman–Crippen LogP) is 4.37. The minimum Gasteiger partial charge on any atom is -0.488 e. The van der Waals surface area contributed by atoms with Gasteiger partial charge in [-0.1, -0.05) is 17.7 Å². The quantitative estimate of drug-likeness (QED) is 0.912. The van der Waals surface area contributed by atoms with Gasteiger partial charge >= 0.3 is 5.97 Å². The average molecular weight is 309 g/mol. The summed E-state index contributed by atoms with van der Waals surface area (Å²) in [5, 5.41) is 9.42. The number of halogens is 2. The number of carboxylic acid groups (broad SMARTS) is 1. The van der Waals surface area contributed by atoms with E-state index < -0.39 is 11.8 Å². The van der Waals surface area contributed by atoms with Gasteiger partial charge in [0.1, 0.15) is 18.2 Å². The van der Waals surface area contributed by atoms with Crippen LogP contribution in [0.15, 0.2) is 30.3 Å². The maximum atomic E-state index is 13.8. The molecule has 0 radical (unpaired) electrons. The van der Waals surface area contributed by atoms with Gasteiger partial charge in [0.05, 0.1) is 5.56 Å². The lowest BCUT2D eigenvalue weighted by Gasteiger charge is -2.13. The van der Waals surface area contributed by atoms with E-state index in [9.17, 15) is 9.18 Å². The molecule has 0 aliphatic heterocycles. The Hall–Kier alpha value is -2.07. The minimum absolute atomic E-state index is 0.0229. The molecular formula is C16H14ClFO3. The number of aromatic carboxylic acids is 1. The predicted molar refractivity (Wildman–Crippen MR) is 78.6 cm³/mol. The molecule has 21 heavy (non-hydrogen) atoms. The van der Waals surface area contributed by atoms with Crippen molar-refractivity contribution in [3.05, 3.63) is 63.4 Å². The van der Waals surface area contributed by atoms with Gasteiger partial charge in [0.2, 0.25) is 0 Å². The van der Waals surface area contributed by atoms with Crippen LogP contribution in [0.1, 0.15) is 27.0 Å². The molecule has 0 aliphatic carbocycles. The van der Waals surface area contributed by atoms with E-state index in [1.807, 2.05) is 13.8 Å². The Balaban J connectivity index is 2.19. The third kappa shape index (κ3) is 3.52. The fraction of sp³-hybridized carbons (Fsp3) is 0.188. The van der Waals surface area contributed by atoms with Crippen LogP contribution in [0.3, 0.4) is 0 Å². The zero-order valence-electron chi connectivity index (χ0n) is 11.6. The summed E-state index contributed by atoms with van der Waals surface area (Å²) in [6.45, 7) is 3.74. The third-order valence-electron chi connectivity index (χ3n) is 3.10. The Morgan fingerprint density at radius 1 is 1.24 bits per heavy atom. The van der Waals surface area contributed by atoms with Crippen molar-refractivity contribution in [1.29, 1.82) is 0 Å². The number of benzene rings is 2. The van der Waals surface area contributed by atoms with Crippen LogP contribution in [0.5, 0.6) is 5.75 Å². The van der Waals surface area contributed by atoms with Gasteiger partial charge in [-0.2, -0.15) is 0 Å². The van der Waals surface area contributed by atoms with Gasteiger partial charge in [0, 0.05) is 10.6 Å². The van der Waals surface area contributed by atoms with Crippen molar-refractivity contribution in [2.75, 3.05) is 0 Å². The molecule has 0 heterocycles. The highest BCUT2D eigenvalue weighted by Crippen LogP contribution is 2.28. The second-order valence-corrected chi connectivity index (χ2v) is 5.21. The summed E-state index contributed by atoms with van der Waals surface area (Å²) in [5.41, 5.74) is 1.94. The summed E-state index contributed by atoms with van der Waals surface area (Å²) in [4.78, 5) is 10.8. The maximum absolute atomic E-state index is 13.8. The topological polar surface area (TPSA) is 46.5 Å². The van der Waals surface area contributed by atoms with Crippen LogP contribution in [0.2, 0.25) is 5.02 Å². The molecule has 2 aromatic rings. The van der Waals surface area contributed by atoms with Crippen LogP contribution < -0.4 is 4.74 Å². The van der Waals surface area contributed by atoms with Crippen molar-refractivity contribution >= 4 is 17.6 Å². The Bertz CT molecular complexity index is 675. The maximum Gasteiger partial charge on any atom is 0.335 e. The van der Waals surface area contributed by atoms with E-state index >= 15 is 0 Å². The van der Waals surface area contributed by atoms with Gasteiger partial charge < -0.3 is 9.84 Å². The van der Waals surface area contributed by atoms with Crippen molar-refractivity contribution in [3.8, 4) is 5.75 Å². The summed E-state index contributed by atoms with van der Waals surface area (Å²) < 4.78 is 19.5.